The molecule has 5 heteroatoms. The predicted molar refractivity (Wildman–Crippen MR) is 92.5 cm³/mol. The molecule has 2 N–H and O–H groups in total. The average molecular weight is 329 g/mol. The van der Waals surface area contributed by atoms with Gasteiger partial charge in [0.1, 0.15) is 6.04 Å². The number of carboxylic acid groups (broad SMARTS) is 1. The van der Waals surface area contributed by atoms with E-state index in [1.807, 2.05) is 0 Å². The summed E-state index contributed by atoms with van der Waals surface area (Å²) in [6.07, 6.45) is 12.7. The van der Waals surface area contributed by atoms with Gasteiger partial charge in [-0.25, -0.2) is 0 Å². The van der Waals surface area contributed by atoms with Crippen LogP contribution in [0, 0.1) is 0 Å². The Kier molecular flexibility index (Phi) is 15.0. The van der Waals surface area contributed by atoms with Gasteiger partial charge in [-0.15, -0.1) is 0 Å². The van der Waals surface area contributed by atoms with Gasteiger partial charge in [-0.05, 0) is 19.9 Å². The molecule has 0 spiro atoms. The van der Waals surface area contributed by atoms with Crippen LogP contribution in [0.25, 0.3) is 0 Å². The molecule has 0 bridgehead atoms. The van der Waals surface area contributed by atoms with Crippen molar-refractivity contribution in [2.45, 2.75) is 90.0 Å². The van der Waals surface area contributed by atoms with E-state index < -0.39 is 12.0 Å². The van der Waals surface area contributed by atoms with Crippen LogP contribution in [0.2, 0.25) is 0 Å². The summed E-state index contributed by atoms with van der Waals surface area (Å²) < 4.78 is 5.20. The van der Waals surface area contributed by atoms with Crippen molar-refractivity contribution in [1.82, 2.24) is 5.32 Å². The molecule has 0 aliphatic carbocycles. The number of ether oxygens (including phenoxy) is 1. The number of rotatable bonds is 16. The SMILES string of the molecule is CCCCCCCCCCCCOC(=O)C(CCC(=O)O)NC. The number of carboxylic acids is 1. The molecule has 136 valence electrons. The van der Waals surface area contributed by atoms with Crippen molar-refractivity contribution in [3.8, 4) is 0 Å². The largest absolute Gasteiger partial charge is 0.481 e. The highest BCUT2D eigenvalue weighted by atomic mass is 16.5. The van der Waals surface area contributed by atoms with E-state index in [-0.39, 0.29) is 18.8 Å². The summed E-state index contributed by atoms with van der Waals surface area (Å²) in [5, 5.41) is 11.4. The number of esters is 1. The van der Waals surface area contributed by atoms with Crippen molar-refractivity contribution in [2.24, 2.45) is 0 Å². The first kappa shape index (κ1) is 21.9. The van der Waals surface area contributed by atoms with Gasteiger partial charge in [0.15, 0.2) is 0 Å². The molecule has 1 atom stereocenters. The number of unbranched alkanes of at least 4 members (excludes halogenated alkanes) is 9. The Morgan fingerprint density at radius 3 is 1.96 bits per heavy atom. The fourth-order valence-electron chi connectivity index (χ4n) is 2.51. The van der Waals surface area contributed by atoms with E-state index in [4.69, 9.17) is 9.84 Å². The van der Waals surface area contributed by atoms with Gasteiger partial charge < -0.3 is 15.2 Å². The van der Waals surface area contributed by atoms with Crippen LogP contribution < -0.4 is 5.32 Å². The third-order valence-corrected chi connectivity index (χ3v) is 4.02. The average Bonchev–Trinajstić information content (AvgIpc) is 2.53. The second-order valence-electron chi connectivity index (χ2n) is 6.12. The first-order valence-corrected chi connectivity index (χ1v) is 9.17. The van der Waals surface area contributed by atoms with Crippen LogP contribution in [0.5, 0.6) is 0 Å². The fourth-order valence-corrected chi connectivity index (χ4v) is 2.51. The van der Waals surface area contributed by atoms with Crippen LogP contribution >= 0.6 is 0 Å². The van der Waals surface area contributed by atoms with E-state index in [1.54, 1.807) is 7.05 Å². The summed E-state index contributed by atoms with van der Waals surface area (Å²) in [5.74, 6) is -1.24. The van der Waals surface area contributed by atoms with E-state index in [2.05, 4.69) is 12.2 Å². The molecule has 0 rings (SSSR count). The molecule has 0 aromatic carbocycles. The van der Waals surface area contributed by atoms with Crippen LogP contribution in [-0.2, 0) is 14.3 Å². The highest BCUT2D eigenvalue weighted by Crippen LogP contribution is 2.10. The number of hydrogen-bond acceptors (Lipinski definition) is 4. The first-order valence-electron chi connectivity index (χ1n) is 9.17. The Bertz CT molecular complexity index is 307. The van der Waals surface area contributed by atoms with Crippen molar-refractivity contribution in [2.75, 3.05) is 13.7 Å². The van der Waals surface area contributed by atoms with Gasteiger partial charge in [0.2, 0.25) is 0 Å². The molecular formula is C18H35NO4. The highest BCUT2D eigenvalue weighted by Gasteiger charge is 2.18. The van der Waals surface area contributed by atoms with Gasteiger partial charge in [0, 0.05) is 6.42 Å². The van der Waals surface area contributed by atoms with Crippen molar-refractivity contribution < 1.29 is 19.4 Å². The number of carbonyl (C=O) groups excluding carboxylic acids is 1. The molecule has 0 radical (unpaired) electrons. The Morgan fingerprint density at radius 2 is 1.48 bits per heavy atom. The lowest BCUT2D eigenvalue weighted by Gasteiger charge is -2.14. The number of nitrogens with one attached hydrogen (secondary N) is 1. The molecule has 0 fully saturated rings. The molecule has 0 aliphatic rings. The molecule has 0 saturated carbocycles. The van der Waals surface area contributed by atoms with E-state index in [0.29, 0.717) is 6.61 Å². The second-order valence-corrected chi connectivity index (χ2v) is 6.12. The maximum Gasteiger partial charge on any atom is 0.323 e. The summed E-state index contributed by atoms with van der Waals surface area (Å²) in [6.45, 7) is 2.67. The van der Waals surface area contributed by atoms with Gasteiger partial charge in [-0.1, -0.05) is 64.7 Å². The quantitative estimate of drug-likeness (QED) is 0.332. The van der Waals surface area contributed by atoms with Crippen LogP contribution in [0.15, 0.2) is 0 Å². The topological polar surface area (TPSA) is 75.6 Å². The van der Waals surface area contributed by atoms with Crippen molar-refractivity contribution in [3.63, 3.8) is 0 Å². The molecule has 0 amide bonds. The van der Waals surface area contributed by atoms with E-state index in [0.717, 1.165) is 12.8 Å². The van der Waals surface area contributed by atoms with Crippen molar-refractivity contribution >= 4 is 11.9 Å². The van der Waals surface area contributed by atoms with Crippen molar-refractivity contribution in [3.05, 3.63) is 0 Å². The maximum atomic E-state index is 11.8. The molecule has 0 aliphatic heterocycles. The monoisotopic (exact) mass is 329 g/mol. The normalized spacial score (nSPS) is 12.1. The van der Waals surface area contributed by atoms with Gasteiger partial charge in [0.05, 0.1) is 6.61 Å². The zero-order chi connectivity index (χ0) is 17.3. The molecule has 0 heterocycles. The first-order chi connectivity index (χ1) is 11.1. The molecule has 0 aromatic rings. The van der Waals surface area contributed by atoms with E-state index >= 15 is 0 Å². The summed E-state index contributed by atoms with van der Waals surface area (Å²) in [4.78, 5) is 22.3. The minimum atomic E-state index is -0.896. The fraction of sp³-hybridized carbons (Fsp3) is 0.889. The summed E-state index contributed by atoms with van der Waals surface area (Å²) in [7, 11) is 1.65. The van der Waals surface area contributed by atoms with Gasteiger partial charge in [-0.2, -0.15) is 0 Å². The molecule has 0 saturated heterocycles. The zero-order valence-electron chi connectivity index (χ0n) is 14.9. The predicted octanol–water partition coefficient (Wildman–Crippen LogP) is 3.90. The third-order valence-electron chi connectivity index (χ3n) is 4.02. The zero-order valence-corrected chi connectivity index (χ0v) is 14.9. The summed E-state index contributed by atoms with van der Waals surface area (Å²) in [6, 6.07) is -0.519. The van der Waals surface area contributed by atoms with Crippen LogP contribution in [0.3, 0.4) is 0 Å². The van der Waals surface area contributed by atoms with Crippen LogP contribution in [-0.4, -0.2) is 36.7 Å². The number of carbonyl (C=O) groups is 2. The lowest BCUT2D eigenvalue weighted by molar-refractivity contribution is -0.146. The van der Waals surface area contributed by atoms with Gasteiger partial charge in [0.25, 0.3) is 0 Å². The third kappa shape index (κ3) is 14.2. The molecule has 23 heavy (non-hydrogen) atoms. The van der Waals surface area contributed by atoms with Gasteiger partial charge in [-0.3, -0.25) is 9.59 Å². The molecular weight excluding hydrogens is 294 g/mol. The van der Waals surface area contributed by atoms with Crippen LogP contribution in [0.4, 0.5) is 0 Å². The summed E-state index contributed by atoms with van der Waals surface area (Å²) in [5.41, 5.74) is 0. The molecule has 1 unspecified atom stereocenters. The van der Waals surface area contributed by atoms with E-state index in [9.17, 15) is 9.59 Å². The van der Waals surface area contributed by atoms with E-state index in [1.165, 1.54) is 51.4 Å². The molecule has 5 nitrogen and oxygen atoms in total. The minimum Gasteiger partial charge on any atom is -0.481 e. The minimum absolute atomic E-state index is 0.0289. The Balaban J connectivity index is 3.45. The number of aliphatic carboxylic acids is 1. The lowest BCUT2D eigenvalue weighted by atomic mass is 10.1. The number of likely N-dealkylation sites (N-methyl/N-ethyl adjacent to an activating group) is 1. The number of hydrogen-bond donors (Lipinski definition) is 2. The Morgan fingerprint density at radius 1 is 0.957 bits per heavy atom. The highest BCUT2D eigenvalue weighted by molar-refractivity contribution is 5.76. The maximum absolute atomic E-state index is 11.8. The van der Waals surface area contributed by atoms with Crippen molar-refractivity contribution in [1.29, 1.82) is 0 Å². The van der Waals surface area contributed by atoms with Gasteiger partial charge >= 0.3 is 11.9 Å². The standard InChI is InChI=1S/C18H35NO4/c1-3-4-5-6-7-8-9-10-11-12-15-23-18(22)16(19-2)13-14-17(20)21/h16,19H,3-15H2,1-2H3,(H,20,21). The summed E-state index contributed by atoms with van der Waals surface area (Å²) >= 11 is 0. The lowest BCUT2D eigenvalue weighted by Crippen LogP contribution is -2.36. The molecule has 0 aromatic heterocycles. The smallest absolute Gasteiger partial charge is 0.323 e. The Labute approximate surface area is 141 Å². The second kappa shape index (κ2) is 15.8. The Hall–Kier alpha value is -1.10. The van der Waals surface area contributed by atoms with Crippen LogP contribution in [0.1, 0.15) is 84.0 Å².